The molecule has 2 fully saturated rings. The number of aromatic nitrogens is 1. The minimum atomic E-state index is -0.917. The SMILES string of the molecule is CN(Cc1ccc(C(=O)O)cn1)CC1CC2CCC1C2. The zero-order valence-electron chi connectivity index (χ0n) is 12.0. The van der Waals surface area contributed by atoms with Gasteiger partial charge in [0, 0.05) is 19.3 Å². The Bertz CT molecular complexity index is 486. The Morgan fingerprint density at radius 3 is 2.80 bits per heavy atom. The molecule has 1 N–H and O–H groups in total. The van der Waals surface area contributed by atoms with Crippen LogP contribution in [-0.2, 0) is 6.54 Å². The van der Waals surface area contributed by atoms with Gasteiger partial charge in [0.05, 0.1) is 11.3 Å². The largest absolute Gasteiger partial charge is 0.478 e. The minimum Gasteiger partial charge on any atom is -0.478 e. The maximum absolute atomic E-state index is 10.8. The summed E-state index contributed by atoms with van der Waals surface area (Å²) in [7, 11) is 2.14. The summed E-state index contributed by atoms with van der Waals surface area (Å²) >= 11 is 0. The lowest BCUT2D eigenvalue weighted by Crippen LogP contribution is -2.28. The van der Waals surface area contributed by atoms with Gasteiger partial charge in [0.1, 0.15) is 0 Å². The van der Waals surface area contributed by atoms with E-state index in [1.165, 1.54) is 31.9 Å². The smallest absolute Gasteiger partial charge is 0.337 e. The Morgan fingerprint density at radius 2 is 2.25 bits per heavy atom. The third-order valence-corrected chi connectivity index (χ3v) is 4.93. The number of aromatic carboxylic acids is 1. The van der Waals surface area contributed by atoms with Crippen LogP contribution >= 0.6 is 0 Å². The maximum atomic E-state index is 10.8. The summed E-state index contributed by atoms with van der Waals surface area (Å²) < 4.78 is 0. The van der Waals surface area contributed by atoms with Gasteiger partial charge in [-0.05, 0) is 56.2 Å². The van der Waals surface area contributed by atoms with Crippen molar-refractivity contribution in [3.8, 4) is 0 Å². The van der Waals surface area contributed by atoms with Crippen LogP contribution in [0.15, 0.2) is 18.3 Å². The van der Waals surface area contributed by atoms with Crippen molar-refractivity contribution >= 4 is 5.97 Å². The van der Waals surface area contributed by atoms with Crippen molar-refractivity contribution in [1.82, 2.24) is 9.88 Å². The highest BCUT2D eigenvalue weighted by Gasteiger charge is 2.39. The van der Waals surface area contributed by atoms with Crippen molar-refractivity contribution < 1.29 is 9.90 Å². The summed E-state index contributed by atoms with van der Waals surface area (Å²) in [5, 5.41) is 8.86. The zero-order chi connectivity index (χ0) is 14.1. The molecule has 1 heterocycles. The molecule has 20 heavy (non-hydrogen) atoms. The monoisotopic (exact) mass is 274 g/mol. The molecule has 4 heteroatoms. The molecule has 0 amide bonds. The van der Waals surface area contributed by atoms with Crippen molar-refractivity contribution in [3.63, 3.8) is 0 Å². The van der Waals surface area contributed by atoms with E-state index in [1.807, 2.05) is 6.07 Å². The van der Waals surface area contributed by atoms with E-state index in [2.05, 4.69) is 16.9 Å². The molecule has 108 valence electrons. The number of rotatable bonds is 5. The molecular formula is C16H22N2O2. The summed E-state index contributed by atoms with van der Waals surface area (Å²) in [6, 6.07) is 3.46. The molecule has 4 nitrogen and oxygen atoms in total. The van der Waals surface area contributed by atoms with E-state index >= 15 is 0 Å². The summed E-state index contributed by atoms with van der Waals surface area (Å²) in [5.74, 6) is 1.88. The normalized spacial score (nSPS) is 28.2. The van der Waals surface area contributed by atoms with Crippen molar-refractivity contribution in [2.75, 3.05) is 13.6 Å². The molecule has 1 aromatic rings. The Balaban J connectivity index is 1.53. The van der Waals surface area contributed by atoms with E-state index in [-0.39, 0.29) is 5.56 Å². The van der Waals surface area contributed by atoms with Gasteiger partial charge in [0.25, 0.3) is 0 Å². The summed E-state index contributed by atoms with van der Waals surface area (Å²) in [5.41, 5.74) is 1.20. The summed E-state index contributed by atoms with van der Waals surface area (Å²) in [4.78, 5) is 17.4. The van der Waals surface area contributed by atoms with Crippen LogP contribution in [0.3, 0.4) is 0 Å². The fraction of sp³-hybridized carbons (Fsp3) is 0.625. The van der Waals surface area contributed by atoms with Crippen LogP contribution in [0.2, 0.25) is 0 Å². The predicted octanol–water partition coefficient (Wildman–Crippen LogP) is 2.65. The minimum absolute atomic E-state index is 0.254. The fourth-order valence-corrected chi connectivity index (χ4v) is 3.99. The molecule has 0 radical (unpaired) electrons. The van der Waals surface area contributed by atoms with Crippen LogP contribution in [0.25, 0.3) is 0 Å². The first-order chi connectivity index (χ1) is 9.61. The van der Waals surface area contributed by atoms with E-state index in [9.17, 15) is 4.79 Å². The molecule has 3 unspecified atom stereocenters. The number of nitrogens with zero attached hydrogens (tertiary/aromatic N) is 2. The predicted molar refractivity (Wildman–Crippen MR) is 76.5 cm³/mol. The van der Waals surface area contributed by atoms with Crippen LogP contribution in [0.1, 0.15) is 41.7 Å². The third kappa shape index (κ3) is 2.85. The number of hydrogen-bond acceptors (Lipinski definition) is 3. The average molecular weight is 274 g/mol. The third-order valence-electron chi connectivity index (χ3n) is 4.93. The van der Waals surface area contributed by atoms with E-state index < -0.39 is 5.97 Å². The highest BCUT2D eigenvalue weighted by atomic mass is 16.4. The lowest BCUT2D eigenvalue weighted by atomic mass is 9.88. The topological polar surface area (TPSA) is 53.4 Å². The maximum Gasteiger partial charge on any atom is 0.337 e. The molecule has 2 aliphatic rings. The molecule has 3 atom stereocenters. The molecule has 0 spiro atoms. The zero-order valence-corrected chi connectivity index (χ0v) is 12.0. The molecule has 0 aromatic carbocycles. The van der Waals surface area contributed by atoms with Gasteiger partial charge in [-0.1, -0.05) is 6.42 Å². The van der Waals surface area contributed by atoms with E-state index in [0.717, 1.165) is 36.5 Å². The first-order valence-electron chi connectivity index (χ1n) is 7.48. The van der Waals surface area contributed by atoms with Gasteiger partial charge >= 0.3 is 5.97 Å². The Labute approximate surface area is 119 Å². The van der Waals surface area contributed by atoms with Crippen molar-refractivity contribution in [1.29, 1.82) is 0 Å². The van der Waals surface area contributed by atoms with Crippen molar-refractivity contribution in [2.45, 2.75) is 32.2 Å². The molecule has 1 aromatic heterocycles. The second-order valence-corrected chi connectivity index (χ2v) is 6.48. The molecule has 2 saturated carbocycles. The van der Waals surface area contributed by atoms with Crippen molar-refractivity contribution in [2.24, 2.45) is 17.8 Å². The number of hydrogen-bond donors (Lipinski definition) is 1. The summed E-state index contributed by atoms with van der Waals surface area (Å²) in [6.07, 6.45) is 7.17. The van der Waals surface area contributed by atoms with E-state index in [1.54, 1.807) is 6.07 Å². The van der Waals surface area contributed by atoms with Gasteiger partial charge in [-0.2, -0.15) is 0 Å². The number of carboxylic acid groups (broad SMARTS) is 1. The Kier molecular flexibility index (Phi) is 3.74. The van der Waals surface area contributed by atoms with Gasteiger partial charge < -0.3 is 10.0 Å². The first-order valence-corrected chi connectivity index (χ1v) is 7.48. The second-order valence-electron chi connectivity index (χ2n) is 6.48. The van der Waals surface area contributed by atoms with Gasteiger partial charge in [-0.3, -0.25) is 4.98 Å². The first kappa shape index (κ1) is 13.6. The standard InChI is InChI=1S/C16H22N2O2/c1-18(9-14-7-11-2-3-12(14)6-11)10-15-5-4-13(8-17-15)16(19)20/h4-5,8,11-12,14H,2-3,6-7,9-10H2,1H3,(H,19,20). The summed E-state index contributed by atoms with van der Waals surface area (Å²) in [6.45, 7) is 1.94. The Morgan fingerprint density at radius 1 is 1.40 bits per heavy atom. The van der Waals surface area contributed by atoms with Gasteiger partial charge in [0.15, 0.2) is 0 Å². The van der Waals surface area contributed by atoms with Crippen LogP contribution in [-0.4, -0.2) is 34.6 Å². The number of fused-ring (bicyclic) bond motifs is 2. The molecule has 3 rings (SSSR count). The second kappa shape index (κ2) is 5.52. The van der Waals surface area contributed by atoms with E-state index in [4.69, 9.17) is 5.11 Å². The van der Waals surface area contributed by atoms with Gasteiger partial charge in [-0.15, -0.1) is 0 Å². The van der Waals surface area contributed by atoms with Crippen LogP contribution < -0.4 is 0 Å². The molecule has 2 aliphatic carbocycles. The van der Waals surface area contributed by atoms with Gasteiger partial charge in [-0.25, -0.2) is 4.79 Å². The average Bonchev–Trinajstić information content (AvgIpc) is 3.01. The number of pyridine rings is 1. The molecule has 2 bridgehead atoms. The lowest BCUT2D eigenvalue weighted by molar-refractivity contribution is 0.0696. The Hall–Kier alpha value is -1.42. The fourth-order valence-electron chi connectivity index (χ4n) is 3.99. The van der Waals surface area contributed by atoms with Gasteiger partial charge in [0.2, 0.25) is 0 Å². The van der Waals surface area contributed by atoms with Crippen LogP contribution in [0.4, 0.5) is 0 Å². The quantitative estimate of drug-likeness (QED) is 0.897. The van der Waals surface area contributed by atoms with Crippen LogP contribution in [0, 0.1) is 17.8 Å². The molecular weight excluding hydrogens is 252 g/mol. The molecule has 0 saturated heterocycles. The number of carboxylic acids is 1. The molecule has 0 aliphatic heterocycles. The lowest BCUT2D eigenvalue weighted by Gasteiger charge is -2.27. The van der Waals surface area contributed by atoms with Crippen LogP contribution in [0.5, 0.6) is 0 Å². The van der Waals surface area contributed by atoms with E-state index in [0.29, 0.717) is 0 Å². The highest BCUT2D eigenvalue weighted by molar-refractivity contribution is 5.87. The van der Waals surface area contributed by atoms with Crippen molar-refractivity contribution in [3.05, 3.63) is 29.6 Å². The number of carbonyl (C=O) groups is 1. The highest BCUT2D eigenvalue weighted by Crippen LogP contribution is 2.48.